The molecule has 0 saturated heterocycles. The molecule has 0 aliphatic rings. The molecule has 3 nitrogen and oxygen atoms in total. The summed E-state index contributed by atoms with van der Waals surface area (Å²) in [4.78, 5) is 0. The summed E-state index contributed by atoms with van der Waals surface area (Å²) in [6, 6.07) is 6.03. The van der Waals surface area contributed by atoms with E-state index >= 15 is 0 Å². The lowest BCUT2D eigenvalue weighted by atomic mass is 10.1. The highest BCUT2D eigenvalue weighted by Gasteiger charge is 1.95. The maximum Gasteiger partial charge on any atom is 0.0540 e. The first-order chi connectivity index (χ1) is 5.77. The van der Waals surface area contributed by atoms with E-state index in [9.17, 15) is 0 Å². The molecule has 64 valence electrons. The minimum Gasteiger partial charge on any atom is -0.388 e. The molecule has 1 aromatic rings. The fourth-order valence-electron chi connectivity index (χ4n) is 1.06. The van der Waals surface area contributed by atoms with Crippen molar-refractivity contribution in [1.29, 1.82) is 0 Å². The summed E-state index contributed by atoms with van der Waals surface area (Å²) in [6.07, 6.45) is 1.65. The third kappa shape index (κ3) is 1.75. The van der Waals surface area contributed by atoms with Gasteiger partial charge in [-0.1, -0.05) is 6.07 Å². The van der Waals surface area contributed by atoms with Crippen molar-refractivity contribution < 1.29 is 0 Å². The van der Waals surface area contributed by atoms with Gasteiger partial charge in [0.1, 0.15) is 0 Å². The van der Waals surface area contributed by atoms with E-state index in [-0.39, 0.29) is 0 Å². The van der Waals surface area contributed by atoms with Gasteiger partial charge in [0, 0.05) is 12.7 Å². The first-order valence-corrected chi connectivity index (χ1v) is 3.79. The van der Waals surface area contributed by atoms with Gasteiger partial charge in [-0.25, -0.2) is 0 Å². The van der Waals surface area contributed by atoms with Gasteiger partial charge in [-0.2, -0.15) is 5.10 Å². The second-order valence-electron chi connectivity index (χ2n) is 2.60. The van der Waals surface area contributed by atoms with Crippen molar-refractivity contribution in [2.75, 3.05) is 12.4 Å². The zero-order valence-corrected chi connectivity index (χ0v) is 7.33. The third-order valence-electron chi connectivity index (χ3n) is 1.77. The van der Waals surface area contributed by atoms with Gasteiger partial charge in [-0.15, -0.1) is 0 Å². The summed E-state index contributed by atoms with van der Waals surface area (Å²) in [5, 5.41) is 6.54. The van der Waals surface area contributed by atoms with E-state index in [2.05, 4.69) is 16.5 Å². The van der Waals surface area contributed by atoms with Gasteiger partial charge in [0.25, 0.3) is 0 Å². The van der Waals surface area contributed by atoms with Gasteiger partial charge in [0.2, 0.25) is 0 Å². The van der Waals surface area contributed by atoms with Crippen LogP contribution in [0.25, 0.3) is 0 Å². The van der Waals surface area contributed by atoms with Crippen LogP contribution in [0.1, 0.15) is 11.1 Å². The van der Waals surface area contributed by atoms with E-state index in [4.69, 9.17) is 5.84 Å². The van der Waals surface area contributed by atoms with Crippen LogP contribution in [0.4, 0.5) is 5.69 Å². The quantitative estimate of drug-likeness (QED) is 0.392. The Kier molecular flexibility index (Phi) is 2.69. The Balaban J connectivity index is 3.03. The molecule has 0 aromatic heterocycles. The number of rotatable bonds is 2. The van der Waals surface area contributed by atoms with E-state index in [0.29, 0.717) is 0 Å². The van der Waals surface area contributed by atoms with E-state index in [1.807, 2.05) is 26.1 Å². The molecule has 1 rings (SSSR count). The second-order valence-corrected chi connectivity index (χ2v) is 2.60. The van der Waals surface area contributed by atoms with Crippen LogP contribution in [-0.2, 0) is 0 Å². The third-order valence-corrected chi connectivity index (χ3v) is 1.77. The van der Waals surface area contributed by atoms with E-state index < -0.39 is 0 Å². The summed E-state index contributed by atoms with van der Waals surface area (Å²) in [5.74, 6) is 5.05. The van der Waals surface area contributed by atoms with Crippen molar-refractivity contribution in [3.05, 3.63) is 29.3 Å². The zero-order chi connectivity index (χ0) is 8.97. The number of nitrogens with zero attached hydrogens (tertiary/aromatic N) is 1. The number of nitrogens with one attached hydrogen (secondary N) is 1. The molecule has 0 atom stereocenters. The van der Waals surface area contributed by atoms with Crippen LogP contribution < -0.4 is 11.2 Å². The standard InChI is InChI=1S/C9H13N3/c1-7-5-9(11-2)4-3-8(7)6-12-10/h3-6,11H,10H2,1-2H3/b12-6-. The molecule has 0 aliphatic heterocycles. The van der Waals surface area contributed by atoms with Crippen molar-refractivity contribution in [1.82, 2.24) is 0 Å². The van der Waals surface area contributed by atoms with Crippen LogP contribution in [0.15, 0.2) is 23.3 Å². The monoisotopic (exact) mass is 163 g/mol. The fourth-order valence-corrected chi connectivity index (χ4v) is 1.06. The Morgan fingerprint density at radius 1 is 1.50 bits per heavy atom. The molecule has 0 heterocycles. The highest BCUT2D eigenvalue weighted by atomic mass is 15.1. The molecule has 3 heteroatoms. The number of hydrogen-bond acceptors (Lipinski definition) is 3. The van der Waals surface area contributed by atoms with Gasteiger partial charge in [0.15, 0.2) is 0 Å². The molecule has 0 amide bonds. The molecule has 0 spiro atoms. The second kappa shape index (κ2) is 3.76. The summed E-state index contributed by atoms with van der Waals surface area (Å²) in [6.45, 7) is 2.03. The lowest BCUT2D eigenvalue weighted by molar-refractivity contribution is 1.26. The summed E-state index contributed by atoms with van der Waals surface area (Å²) in [5.41, 5.74) is 3.31. The molecule has 0 aliphatic carbocycles. The Hall–Kier alpha value is -1.51. The summed E-state index contributed by atoms with van der Waals surface area (Å²) in [7, 11) is 1.89. The van der Waals surface area contributed by atoms with E-state index in [1.54, 1.807) is 6.21 Å². The first kappa shape index (κ1) is 8.59. The Labute approximate surface area is 72.3 Å². The smallest absolute Gasteiger partial charge is 0.0540 e. The average Bonchev–Trinajstić information content (AvgIpc) is 2.09. The largest absolute Gasteiger partial charge is 0.388 e. The molecule has 0 unspecified atom stereocenters. The molecular formula is C9H13N3. The lowest BCUT2D eigenvalue weighted by Crippen LogP contribution is -1.93. The minimum atomic E-state index is 1.05. The summed E-state index contributed by atoms with van der Waals surface area (Å²) >= 11 is 0. The Morgan fingerprint density at radius 3 is 2.75 bits per heavy atom. The SMILES string of the molecule is CNc1ccc(/C=N\N)c(C)c1. The maximum atomic E-state index is 5.05. The topological polar surface area (TPSA) is 50.4 Å². The van der Waals surface area contributed by atoms with Crippen LogP contribution in [0, 0.1) is 6.92 Å². The molecule has 1 aromatic carbocycles. The lowest BCUT2D eigenvalue weighted by Gasteiger charge is -2.03. The van der Waals surface area contributed by atoms with Crippen molar-refractivity contribution in [2.24, 2.45) is 10.9 Å². The predicted octanol–water partition coefficient (Wildman–Crippen LogP) is 1.33. The van der Waals surface area contributed by atoms with E-state index in [0.717, 1.165) is 16.8 Å². The number of anilines is 1. The van der Waals surface area contributed by atoms with Gasteiger partial charge in [-0.3, -0.25) is 0 Å². The molecule has 12 heavy (non-hydrogen) atoms. The predicted molar refractivity (Wildman–Crippen MR) is 52.5 cm³/mol. The van der Waals surface area contributed by atoms with Gasteiger partial charge >= 0.3 is 0 Å². The zero-order valence-electron chi connectivity index (χ0n) is 7.33. The minimum absolute atomic E-state index is 1.05. The van der Waals surface area contributed by atoms with Crippen LogP contribution in [0.2, 0.25) is 0 Å². The number of aryl methyl sites for hydroxylation is 1. The molecule has 0 saturated carbocycles. The summed E-state index contributed by atoms with van der Waals surface area (Å²) < 4.78 is 0. The van der Waals surface area contributed by atoms with Gasteiger partial charge < -0.3 is 11.2 Å². The molecular weight excluding hydrogens is 150 g/mol. The fraction of sp³-hybridized carbons (Fsp3) is 0.222. The maximum absolute atomic E-state index is 5.05. The highest BCUT2D eigenvalue weighted by molar-refractivity contribution is 5.82. The van der Waals surface area contributed by atoms with Gasteiger partial charge in [0.05, 0.1) is 6.21 Å². The number of nitrogens with two attached hydrogens (primary N) is 1. The number of benzene rings is 1. The van der Waals surface area contributed by atoms with Crippen molar-refractivity contribution in [2.45, 2.75) is 6.92 Å². The molecule has 0 fully saturated rings. The van der Waals surface area contributed by atoms with Gasteiger partial charge in [-0.05, 0) is 30.2 Å². The van der Waals surface area contributed by atoms with E-state index in [1.165, 1.54) is 0 Å². The number of hydrazone groups is 1. The molecule has 0 radical (unpaired) electrons. The normalized spacial score (nSPS) is 10.5. The van der Waals surface area contributed by atoms with Crippen molar-refractivity contribution in [3.8, 4) is 0 Å². The van der Waals surface area contributed by atoms with Crippen molar-refractivity contribution >= 4 is 11.9 Å². The highest BCUT2D eigenvalue weighted by Crippen LogP contribution is 2.12. The van der Waals surface area contributed by atoms with Crippen LogP contribution in [0.5, 0.6) is 0 Å². The van der Waals surface area contributed by atoms with Crippen LogP contribution >= 0.6 is 0 Å². The Bertz CT molecular complexity index is 292. The Morgan fingerprint density at radius 2 is 2.25 bits per heavy atom. The molecule has 0 bridgehead atoms. The van der Waals surface area contributed by atoms with Crippen LogP contribution in [-0.4, -0.2) is 13.3 Å². The van der Waals surface area contributed by atoms with Crippen LogP contribution in [0.3, 0.4) is 0 Å². The first-order valence-electron chi connectivity index (χ1n) is 3.79. The molecule has 3 N–H and O–H groups in total. The average molecular weight is 163 g/mol. The number of hydrogen-bond donors (Lipinski definition) is 2. The van der Waals surface area contributed by atoms with Crippen molar-refractivity contribution in [3.63, 3.8) is 0 Å².